The molecule has 0 aliphatic heterocycles. The smallest absolute Gasteiger partial charge is 0.125 e. The molecule has 1 rings (SSSR count). The number of thiazole rings is 1. The van der Waals surface area contributed by atoms with Crippen molar-refractivity contribution in [3.63, 3.8) is 0 Å². The Balaban J connectivity index is 2.46. The summed E-state index contributed by atoms with van der Waals surface area (Å²) in [7, 11) is 1.67. The van der Waals surface area contributed by atoms with Crippen LogP contribution in [-0.2, 0) is 22.4 Å². The predicted molar refractivity (Wildman–Crippen MR) is 47.5 cm³/mol. The van der Waals surface area contributed by atoms with Crippen LogP contribution in [0.1, 0.15) is 10.7 Å². The Morgan fingerprint density at radius 2 is 2.58 bits per heavy atom. The summed E-state index contributed by atoms with van der Waals surface area (Å²) in [6, 6.07) is 0. The van der Waals surface area contributed by atoms with Crippen LogP contribution in [0.4, 0.5) is 0 Å². The van der Waals surface area contributed by atoms with Crippen LogP contribution in [0.5, 0.6) is 0 Å². The van der Waals surface area contributed by atoms with Gasteiger partial charge >= 0.3 is 0 Å². The normalized spacial score (nSPS) is 10.1. The van der Waals surface area contributed by atoms with Gasteiger partial charge in [-0.1, -0.05) is 0 Å². The molecule has 0 radical (unpaired) electrons. The molecule has 0 aliphatic carbocycles. The van der Waals surface area contributed by atoms with E-state index in [0.29, 0.717) is 13.0 Å². The van der Waals surface area contributed by atoms with Crippen LogP contribution in [0.3, 0.4) is 0 Å². The van der Waals surface area contributed by atoms with E-state index in [1.165, 1.54) is 0 Å². The second-order valence-corrected chi connectivity index (χ2v) is 3.29. The molecule has 0 bridgehead atoms. The van der Waals surface area contributed by atoms with E-state index in [4.69, 9.17) is 4.74 Å². The largest absolute Gasteiger partial charge is 0.384 e. The molecular weight excluding hydrogens is 174 g/mol. The summed E-state index contributed by atoms with van der Waals surface area (Å²) in [4.78, 5) is 14.4. The van der Waals surface area contributed by atoms with E-state index in [1.54, 1.807) is 18.4 Å². The van der Waals surface area contributed by atoms with Gasteiger partial charge in [0.25, 0.3) is 0 Å². The number of carbonyl (C=O) groups excluding carboxylic acids is 1. The number of carbonyl (C=O) groups is 1. The summed E-state index contributed by atoms with van der Waals surface area (Å²) in [6.07, 6.45) is 2.12. The van der Waals surface area contributed by atoms with Gasteiger partial charge in [-0.2, -0.15) is 0 Å². The highest BCUT2D eigenvalue weighted by atomic mass is 32.1. The fourth-order valence-electron chi connectivity index (χ4n) is 0.832. The average Bonchev–Trinajstić information content (AvgIpc) is 2.50. The van der Waals surface area contributed by atoms with Crippen LogP contribution >= 0.6 is 11.3 Å². The third kappa shape index (κ3) is 2.71. The standard InChI is InChI=1S/C8H11NO2S/c1-11-5-3-8-9-7(2-4-10)6-12-8/h4,6H,2-3,5H2,1H3. The molecule has 12 heavy (non-hydrogen) atoms. The number of hydrogen-bond acceptors (Lipinski definition) is 4. The van der Waals surface area contributed by atoms with Crippen LogP contribution in [-0.4, -0.2) is 25.0 Å². The molecule has 0 aromatic carbocycles. The molecular formula is C8H11NO2S. The van der Waals surface area contributed by atoms with Crippen molar-refractivity contribution in [2.45, 2.75) is 12.8 Å². The quantitative estimate of drug-likeness (QED) is 0.644. The lowest BCUT2D eigenvalue weighted by molar-refractivity contribution is -0.107. The van der Waals surface area contributed by atoms with Gasteiger partial charge in [0.1, 0.15) is 6.29 Å². The van der Waals surface area contributed by atoms with Crippen molar-refractivity contribution in [3.8, 4) is 0 Å². The van der Waals surface area contributed by atoms with Crippen LogP contribution in [0.25, 0.3) is 0 Å². The predicted octanol–water partition coefficient (Wildman–Crippen LogP) is 1.07. The van der Waals surface area contributed by atoms with Crippen molar-refractivity contribution in [2.24, 2.45) is 0 Å². The van der Waals surface area contributed by atoms with Crippen LogP contribution in [0, 0.1) is 0 Å². The Morgan fingerprint density at radius 1 is 1.75 bits per heavy atom. The zero-order chi connectivity index (χ0) is 8.81. The lowest BCUT2D eigenvalue weighted by Crippen LogP contribution is -1.94. The molecule has 1 heterocycles. The van der Waals surface area contributed by atoms with Gasteiger partial charge in [-0.25, -0.2) is 4.98 Å². The molecule has 0 aliphatic rings. The van der Waals surface area contributed by atoms with Gasteiger partial charge in [0.15, 0.2) is 0 Å². The maximum absolute atomic E-state index is 10.1. The monoisotopic (exact) mass is 185 g/mol. The molecule has 3 nitrogen and oxygen atoms in total. The van der Waals surface area contributed by atoms with Crippen molar-refractivity contribution in [2.75, 3.05) is 13.7 Å². The van der Waals surface area contributed by atoms with Crippen molar-refractivity contribution in [3.05, 3.63) is 16.1 Å². The zero-order valence-electron chi connectivity index (χ0n) is 6.95. The molecule has 0 fully saturated rings. The number of rotatable bonds is 5. The molecule has 0 saturated carbocycles. The fourth-order valence-corrected chi connectivity index (χ4v) is 1.62. The number of aromatic nitrogens is 1. The van der Waals surface area contributed by atoms with Gasteiger partial charge in [-0.05, 0) is 0 Å². The lowest BCUT2D eigenvalue weighted by Gasteiger charge is -1.92. The molecule has 4 heteroatoms. The van der Waals surface area contributed by atoms with Gasteiger partial charge in [0.05, 0.1) is 17.3 Å². The van der Waals surface area contributed by atoms with E-state index < -0.39 is 0 Å². The minimum atomic E-state index is 0.420. The molecule has 0 saturated heterocycles. The minimum Gasteiger partial charge on any atom is -0.384 e. The molecule has 1 aromatic rings. The highest BCUT2D eigenvalue weighted by Crippen LogP contribution is 2.10. The Bertz CT molecular complexity index is 247. The molecule has 0 unspecified atom stereocenters. The molecule has 0 amide bonds. The van der Waals surface area contributed by atoms with Crippen LogP contribution < -0.4 is 0 Å². The number of nitrogens with zero attached hydrogens (tertiary/aromatic N) is 1. The molecule has 66 valence electrons. The average molecular weight is 185 g/mol. The Labute approximate surface area is 75.4 Å². The first kappa shape index (κ1) is 9.35. The minimum absolute atomic E-state index is 0.420. The van der Waals surface area contributed by atoms with Gasteiger partial charge in [-0.3, -0.25) is 0 Å². The number of ether oxygens (including phenoxy) is 1. The second-order valence-electron chi connectivity index (χ2n) is 2.35. The Hall–Kier alpha value is -0.740. The molecule has 1 aromatic heterocycles. The third-order valence-electron chi connectivity index (χ3n) is 1.41. The van der Waals surface area contributed by atoms with Crippen molar-refractivity contribution < 1.29 is 9.53 Å². The first-order chi connectivity index (χ1) is 5.86. The van der Waals surface area contributed by atoms with Gasteiger partial charge in [0, 0.05) is 25.3 Å². The summed E-state index contributed by atoms with van der Waals surface area (Å²) >= 11 is 1.58. The lowest BCUT2D eigenvalue weighted by atomic mass is 10.4. The number of hydrogen-bond donors (Lipinski definition) is 0. The topological polar surface area (TPSA) is 39.2 Å². The number of aldehydes is 1. The molecule has 0 N–H and O–H groups in total. The van der Waals surface area contributed by atoms with Gasteiger partial charge in [0.2, 0.25) is 0 Å². The third-order valence-corrected chi connectivity index (χ3v) is 2.37. The van der Waals surface area contributed by atoms with Gasteiger partial charge < -0.3 is 9.53 Å². The van der Waals surface area contributed by atoms with Crippen LogP contribution in [0.15, 0.2) is 5.38 Å². The molecule has 0 atom stereocenters. The van der Waals surface area contributed by atoms with E-state index in [-0.39, 0.29) is 0 Å². The summed E-state index contributed by atoms with van der Waals surface area (Å²) in [6.45, 7) is 0.689. The van der Waals surface area contributed by atoms with E-state index in [9.17, 15) is 4.79 Å². The summed E-state index contributed by atoms with van der Waals surface area (Å²) in [5.41, 5.74) is 0.862. The summed E-state index contributed by atoms with van der Waals surface area (Å²) in [5.74, 6) is 0. The Morgan fingerprint density at radius 3 is 3.25 bits per heavy atom. The highest BCUT2D eigenvalue weighted by Gasteiger charge is 2.00. The maximum atomic E-state index is 10.1. The first-order valence-corrected chi connectivity index (χ1v) is 4.60. The first-order valence-electron chi connectivity index (χ1n) is 3.72. The maximum Gasteiger partial charge on any atom is 0.125 e. The summed E-state index contributed by atoms with van der Waals surface area (Å²) in [5, 5.41) is 2.95. The van der Waals surface area contributed by atoms with E-state index in [0.717, 1.165) is 23.4 Å². The molecule has 0 spiro atoms. The van der Waals surface area contributed by atoms with Crippen molar-refractivity contribution >= 4 is 17.6 Å². The van der Waals surface area contributed by atoms with Crippen molar-refractivity contribution in [1.82, 2.24) is 4.98 Å². The number of methoxy groups -OCH3 is 1. The highest BCUT2D eigenvalue weighted by molar-refractivity contribution is 7.09. The van der Waals surface area contributed by atoms with E-state index >= 15 is 0 Å². The van der Waals surface area contributed by atoms with Crippen molar-refractivity contribution in [1.29, 1.82) is 0 Å². The van der Waals surface area contributed by atoms with Gasteiger partial charge in [-0.15, -0.1) is 11.3 Å². The summed E-state index contributed by atoms with van der Waals surface area (Å²) < 4.78 is 4.91. The SMILES string of the molecule is COCCc1nc(CC=O)cs1. The fraction of sp³-hybridized carbons (Fsp3) is 0.500. The zero-order valence-corrected chi connectivity index (χ0v) is 7.76. The van der Waals surface area contributed by atoms with Crippen LogP contribution in [0.2, 0.25) is 0 Å². The Kier molecular flexibility index (Phi) is 3.90. The second kappa shape index (κ2) is 5.00. The van der Waals surface area contributed by atoms with E-state index in [1.807, 2.05) is 5.38 Å². The van der Waals surface area contributed by atoms with E-state index in [2.05, 4.69) is 4.98 Å².